The van der Waals surface area contributed by atoms with Crippen LogP contribution in [0.3, 0.4) is 0 Å². The lowest BCUT2D eigenvalue weighted by molar-refractivity contribution is -0.114. The minimum atomic E-state index is -0.515. The molecule has 3 rings (SSSR count). The van der Waals surface area contributed by atoms with Crippen LogP contribution in [-0.4, -0.2) is 12.5 Å². The first-order valence-electron chi connectivity index (χ1n) is 7.09. The average molecular weight is 329 g/mol. The molecule has 5 heteroatoms. The van der Waals surface area contributed by atoms with E-state index in [-0.39, 0.29) is 17.5 Å². The summed E-state index contributed by atoms with van der Waals surface area (Å²) in [5.74, 6) is -0.750. The van der Waals surface area contributed by atoms with Gasteiger partial charge < -0.3 is 10.6 Å². The Labute approximate surface area is 138 Å². The van der Waals surface area contributed by atoms with E-state index in [9.17, 15) is 9.18 Å². The van der Waals surface area contributed by atoms with Crippen LogP contribution in [0.5, 0.6) is 0 Å². The number of rotatable bonds is 4. The standard InChI is InChI=1S/C18H14ClFN2O/c19-16-10-15(7-8-17(16)20)22-18(23)11-21-14-6-5-12-3-1-2-4-13(12)9-14/h1-10,21H,11H2,(H,22,23). The first-order chi connectivity index (χ1) is 11.1. The molecule has 2 N–H and O–H groups in total. The molecule has 23 heavy (non-hydrogen) atoms. The van der Waals surface area contributed by atoms with Crippen LogP contribution in [0.1, 0.15) is 0 Å². The van der Waals surface area contributed by atoms with Crippen LogP contribution < -0.4 is 10.6 Å². The fourth-order valence-corrected chi connectivity index (χ4v) is 2.44. The van der Waals surface area contributed by atoms with Crippen LogP contribution in [0.25, 0.3) is 10.8 Å². The van der Waals surface area contributed by atoms with E-state index in [0.717, 1.165) is 16.5 Å². The molecule has 116 valence electrons. The lowest BCUT2D eigenvalue weighted by atomic mass is 10.1. The van der Waals surface area contributed by atoms with Crippen LogP contribution in [0.2, 0.25) is 5.02 Å². The Bertz CT molecular complexity index is 867. The lowest BCUT2D eigenvalue weighted by Crippen LogP contribution is -2.21. The fourth-order valence-electron chi connectivity index (χ4n) is 2.26. The molecule has 0 heterocycles. The van der Waals surface area contributed by atoms with E-state index < -0.39 is 5.82 Å². The second kappa shape index (κ2) is 6.67. The van der Waals surface area contributed by atoms with Gasteiger partial charge in [0.1, 0.15) is 5.82 Å². The molecule has 0 saturated carbocycles. The van der Waals surface area contributed by atoms with Gasteiger partial charge in [-0.3, -0.25) is 4.79 Å². The number of nitrogens with one attached hydrogen (secondary N) is 2. The summed E-state index contributed by atoms with van der Waals surface area (Å²) in [6.45, 7) is 0.104. The van der Waals surface area contributed by atoms with Gasteiger partial charge in [0.2, 0.25) is 5.91 Å². The molecule has 3 aromatic rings. The number of fused-ring (bicyclic) bond motifs is 1. The van der Waals surface area contributed by atoms with E-state index in [1.807, 2.05) is 42.5 Å². The molecular formula is C18H14ClFN2O. The number of carbonyl (C=O) groups is 1. The normalized spacial score (nSPS) is 10.5. The first kappa shape index (κ1) is 15.3. The van der Waals surface area contributed by atoms with E-state index in [2.05, 4.69) is 10.6 Å². The maximum Gasteiger partial charge on any atom is 0.243 e. The van der Waals surface area contributed by atoms with Gasteiger partial charge in [0.05, 0.1) is 11.6 Å². The molecule has 3 aromatic carbocycles. The van der Waals surface area contributed by atoms with Gasteiger partial charge in [-0.25, -0.2) is 4.39 Å². The van der Waals surface area contributed by atoms with Gasteiger partial charge in [0.25, 0.3) is 0 Å². The molecule has 0 spiro atoms. The Hall–Kier alpha value is -2.59. The maximum absolute atomic E-state index is 13.1. The Kier molecular flexibility index (Phi) is 4.44. The zero-order valence-electron chi connectivity index (χ0n) is 12.1. The van der Waals surface area contributed by atoms with Crippen molar-refractivity contribution in [2.24, 2.45) is 0 Å². The molecule has 0 saturated heterocycles. The number of benzene rings is 3. The van der Waals surface area contributed by atoms with E-state index in [1.54, 1.807) is 0 Å². The summed E-state index contributed by atoms with van der Waals surface area (Å²) >= 11 is 5.68. The highest BCUT2D eigenvalue weighted by Gasteiger charge is 2.05. The zero-order chi connectivity index (χ0) is 16.2. The number of amides is 1. The van der Waals surface area contributed by atoms with Gasteiger partial charge in [0.15, 0.2) is 0 Å². The molecule has 3 nitrogen and oxygen atoms in total. The summed E-state index contributed by atoms with van der Waals surface area (Å²) in [5.41, 5.74) is 1.32. The minimum Gasteiger partial charge on any atom is -0.376 e. The lowest BCUT2D eigenvalue weighted by Gasteiger charge is -2.09. The van der Waals surface area contributed by atoms with Gasteiger partial charge in [-0.1, -0.05) is 41.9 Å². The molecule has 0 unspecified atom stereocenters. The summed E-state index contributed by atoms with van der Waals surface area (Å²) in [4.78, 5) is 11.9. The Morgan fingerprint density at radius 3 is 2.48 bits per heavy atom. The third kappa shape index (κ3) is 3.79. The fraction of sp³-hybridized carbons (Fsp3) is 0.0556. The third-order valence-corrected chi connectivity index (χ3v) is 3.70. The molecule has 0 atom stereocenters. The number of halogens is 2. The maximum atomic E-state index is 13.1. The number of carbonyl (C=O) groups excluding carboxylic acids is 1. The molecule has 1 amide bonds. The topological polar surface area (TPSA) is 41.1 Å². The van der Waals surface area contributed by atoms with Crippen molar-refractivity contribution in [2.45, 2.75) is 0 Å². The summed E-state index contributed by atoms with van der Waals surface area (Å²) in [6, 6.07) is 18.0. The Morgan fingerprint density at radius 2 is 1.70 bits per heavy atom. The number of hydrogen-bond acceptors (Lipinski definition) is 2. The highest BCUT2D eigenvalue weighted by Crippen LogP contribution is 2.20. The van der Waals surface area contributed by atoms with Crippen molar-refractivity contribution in [3.8, 4) is 0 Å². The highest BCUT2D eigenvalue weighted by molar-refractivity contribution is 6.31. The third-order valence-electron chi connectivity index (χ3n) is 3.41. The SMILES string of the molecule is O=C(CNc1ccc2ccccc2c1)Nc1ccc(F)c(Cl)c1. The Balaban J connectivity index is 1.62. The second-order valence-electron chi connectivity index (χ2n) is 5.09. The van der Waals surface area contributed by atoms with Crippen molar-refractivity contribution in [1.29, 1.82) is 0 Å². The van der Waals surface area contributed by atoms with E-state index in [4.69, 9.17) is 11.6 Å². The monoisotopic (exact) mass is 328 g/mol. The van der Waals surface area contributed by atoms with E-state index in [1.165, 1.54) is 18.2 Å². The van der Waals surface area contributed by atoms with Gasteiger partial charge in [-0.05, 0) is 41.1 Å². The Morgan fingerprint density at radius 1 is 0.957 bits per heavy atom. The first-order valence-corrected chi connectivity index (χ1v) is 7.47. The summed E-state index contributed by atoms with van der Waals surface area (Å²) in [5, 5.41) is 7.95. The summed E-state index contributed by atoms with van der Waals surface area (Å²) < 4.78 is 13.1. The van der Waals surface area contributed by atoms with Crippen LogP contribution in [0.15, 0.2) is 60.7 Å². The molecule has 0 aliphatic heterocycles. The molecule has 0 radical (unpaired) electrons. The molecular weight excluding hydrogens is 315 g/mol. The second-order valence-corrected chi connectivity index (χ2v) is 5.50. The zero-order valence-corrected chi connectivity index (χ0v) is 12.9. The number of hydrogen-bond donors (Lipinski definition) is 2. The van der Waals surface area contributed by atoms with Gasteiger partial charge in [-0.15, -0.1) is 0 Å². The van der Waals surface area contributed by atoms with Crippen LogP contribution in [-0.2, 0) is 4.79 Å². The molecule has 0 aliphatic carbocycles. The molecule has 0 fully saturated rings. The predicted octanol–water partition coefficient (Wildman–Crippen LogP) is 4.68. The van der Waals surface area contributed by atoms with E-state index >= 15 is 0 Å². The minimum absolute atomic E-state index is 0.0229. The van der Waals surface area contributed by atoms with Crippen molar-refractivity contribution in [3.63, 3.8) is 0 Å². The van der Waals surface area contributed by atoms with Crippen LogP contribution in [0.4, 0.5) is 15.8 Å². The largest absolute Gasteiger partial charge is 0.376 e. The van der Waals surface area contributed by atoms with Crippen molar-refractivity contribution in [1.82, 2.24) is 0 Å². The van der Waals surface area contributed by atoms with Crippen LogP contribution in [0, 0.1) is 5.82 Å². The number of anilines is 2. The smallest absolute Gasteiger partial charge is 0.243 e. The molecule has 0 bridgehead atoms. The quantitative estimate of drug-likeness (QED) is 0.730. The summed E-state index contributed by atoms with van der Waals surface area (Å²) in [6.07, 6.45) is 0. The van der Waals surface area contributed by atoms with Crippen molar-refractivity contribution in [3.05, 3.63) is 71.5 Å². The highest BCUT2D eigenvalue weighted by atomic mass is 35.5. The summed E-state index contributed by atoms with van der Waals surface area (Å²) in [7, 11) is 0. The molecule has 0 aromatic heterocycles. The average Bonchev–Trinajstić information content (AvgIpc) is 2.56. The predicted molar refractivity (Wildman–Crippen MR) is 92.5 cm³/mol. The molecule has 0 aliphatic rings. The van der Waals surface area contributed by atoms with Gasteiger partial charge in [0, 0.05) is 11.4 Å². The van der Waals surface area contributed by atoms with Crippen molar-refractivity contribution < 1.29 is 9.18 Å². The van der Waals surface area contributed by atoms with Crippen LogP contribution >= 0.6 is 11.6 Å². The van der Waals surface area contributed by atoms with Crippen molar-refractivity contribution in [2.75, 3.05) is 17.2 Å². The van der Waals surface area contributed by atoms with Gasteiger partial charge in [-0.2, -0.15) is 0 Å². The van der Waals surface area contributed by atoms with Crippen molar-refractivity contribution >= 4 is 39.7 Å². The van der Waals surface area contributed by atoms with Gasteiger partial charge >= 0.3 is 0 Å². The van der Waals surface area contributed by atoms with E-state index in [0.29, 0.717) is 5.69 Å².